The van der Waals surface area contributed by atoms with Crippen LogP contribution in [0.5, 0.6) is 0 Å². The fourth-order valence-corrected chi connectivity index (χ4v) is 3.26. The van der Waals surface area contributed by atoms with Crippen LogP contribution in [-0.2, 0) is 23.2 Å². The van der Waals surface area contributed by atoms with E-state index in [0.29, 0.717) is 23.9 Å². The van der Waals surface area contributed by atoms with Crippen LogP contribution in [0.1, 0.15) is 18.7 Å². The molecular weight excluding hydrogens is 332 g/mol. The van der Waals surface area contributed by atoms with Crippen molar-refractivity contribution in [3.63, 3.8) is 0 Å². The van der Waals surface area contributed by atoms with Gasteiger partial charge in [0.05, 0.1) is 0 Å². The second kappa shape index (κ2) is 6.56. The van der Waals surface area contributed by atoms with Crippen LogP contribution in [0.4, 0.5) is 5.13 Å². The lowest BCUT2D eigenvalue weighted by atomic mass is 10.2. The van der Waals surface area contributed by atoms with Crippen LogP contribution < -0.4 is 11.0 Å². The Labute approximate surface area is 141 Å². The van der Waals surface area contributed by atoms with Crippen LogP contribution in [0.3, 0.4) is 0 Å². The predicted octanol–water partition coefficient (Wildman–Crippen LogP) is -0.0236. The number of anilines is 1. The summed E-state index contributed by atoms with van der Waals surface area (Å²) < 4.78 is 2.51. The molecule has 128 valence electrons. The molecular formula is C14H18N6O3S. The number of nitrogens with zero attached hydrogens (tertiary/aromatic N) is 5. The maximum atomic E-state index is 12.5. The summed E-state index contributed by atoms with van der Waals surface area (Å²) in [5.41, 5.74) is -0.344. The van der Waals surface area contributed by atoms with Gasteiger partial charge in [-0.05, 0) is 19.8 Å². The molecule has 3 rings (SSSR count). The fourth-order valence-electron chi connectivity index (χ4n) is 2.73. The zero-order chi connectivity index (χ0) is 17.3. The zero-order valence-corrected chi connectivity index (χ0v) is 14.2. The van der Waals surface area contributed by atoms with Gasteiger partial charge in [-0.25, -0.2) is 14.5 Å². The van der Waals surface area contributed by atoms with Gasteiger partial charge in [-0.15, -0.1) is 11.3 Å². The summed E-state index contributed by atoms with van der Waals surface area (Å²) in [6.07, 6.45) is 2.95. The summed E-state index contributed by atoms with van der Waals surface area (Å²) >= 11 is 1.32. The molecule has 10 heteroatoms. The second-order valence-corrected chi connectivity index (χ2v) is 6.51. The van der Waals surface area contributed by atoms with Gasteiger partial charge in [0.15, 0.2) is 5.13 Å². The molecule has 9 nitrogen and oxygen atoms in total. The minimum absolute atomic E-state index is 0.165. The highest BCUT2D eigenvalue weighted by atomic mass is 32.1. The number of aryl methyl sites for hydroxylation is 1. The molecule has 1 fully saturated rings. The first-order valence-electron chi connectivity index (χ1n) is 7.57. The Morgan fingerprint density at radius 1 is 1.46 bits per heavy atom. The standard InChI is InChI=1S/C14H18N6O3S/c1-9-17-20(14(23)18(9)2)8-11(21)19-6-3-4-10(19)12(22)16-13-15-5-7-24-13/h5,7,10H,3-4,6,8H2,1-2H3,(H,15,16,22). The number of nitrogens with one attached hydrogen (secondary N) is 1. The van der Waals surface area contributed by atoms with Gasteiger partial charge in [-0.3, -0.25) is 14.2 Å². The fraction of sp³-hybridized carbons (Fsp3) is 0.500. The van der Waals surface area contributed by atoms with E-state index in [4.69, 9.17) is 0 Å². The maximum absolute atomic E-state index is 12.5. The van der Waals surface area contributed by atoms with Crippen molar-refractivity contribution in [1.29, 1.82) is 0 Å². The summed E-state index contributed by atoms with van der Waals surface area (Å²) in [5.74, 6) is -0.000350. The molecule has 0 aromatic carbocycles. The summed E-state index contributed by atoms with van der Waals surface area (Å²) in [7, 11) is 1.60. The van der Waals surface area contributed by atoms with Crippen molar-refractivity contribution in [3.8, 4) is 0 Å². The van der Waals surface area contributed by atoms with Crippen molar-refractivity contribution < 1.29 is 9.59 Å². The Kier molecular flexibility index (Phi) is 4.47. The molecule has 3 heterocycles. The van der Waals surface area contributed by atoms with Gasteiger partial charge in [-0.1, -0.05) is 0 Å². The first-order valence-corrected chi connectivity index (χ1v) is 8.45. The summed E-state index contributed by atoms with van der Waals surface area (Å²) in [5, 5.41) is 9.06. The zero-order valence-electron chi connectivity index (χ0n) is 13.4. The molecule has 1 atom stereocenters. The molecule has 0 aliphatic carbocycles. The molecule has 1 N–H and O–H groups in total. The molecule has 1 unspecified atom stereocenters. The predicted molar refractivity (Wildman–Crippen MR) is 87.7 cm³/mol. The normalized spacial score (nSPS) is 17.2. The highest BCUT2D eigenvalue weighted by Gasteiger charge is 2.34. The highest BCUT2D eigenvalue weighted by molar-refractivity contribution is 7.13. The quantitative estimate of drug-likeness (QED) is 0.835. The van der Waals surface area contributed by atoms with E-state index in [1.807, 2.05) is 0 Å². The number of thiazole rings is 1. The summed E-state index contributed by atoms with van der Waals surface area (Å²) in [6.45, 7) is 2.03. The number of amides is 2. The van der Waals surface area contributed by atoms with E-state index in [2.05, 4.69) is 15.4 Å². The highest BCUT2D eigenvalue weighted by Crippen LogP contribution is 2.20. The molecule has 0 saturated carbocycles. The molecule has 1 saturated heterocycles. The molecule has 2 aromatic rings. The minimum atomic E-state index is -0.540. The largest absolute Gasteiger partial charge is 0.346 e. The van der Waals surface area contributed by atoms with Crippen molar-refractivity contribution in [2.75, 3.05) is 11.9 Å². The van der Waals surface area contributed by atoms with Gasteiger partial charge >= 0.3 is 5.69 Å². The molecule has 0 radical (unpaired) electrons. The van der Waals surface area contributed by atoms with Crippen molar-refractivity contribution in [2.45, 2.75) is 32.4 Å². The van der Waals surface area contributed by atoms with Gasteiger partial charge in [0.25, 0.3) is 0 Å². The first kappa shape index (κ1) is 16.4. The van der Waals surface area contributed by atoms with E-state index in [1.54, 1.807) is 25.5 Å². The number of carbonyl (C=O) groups is 2. The van der Waals surface area contributed by atoms with Crippen LogP contribution in [0, 0.1) is 6.92 Å². The van der Waals surface area contributed by atoms with Gasteiger partial charge < -0.3 is 10.2 Å². The molecule has 1 aliphatic rings. The minimum Gasteiger partial charge on any atom is -0.329 e. The van der Waals surface area contributed by atoms with Crippen LogP contribution in [-0.4, -0.2) is 48.6 Å². The van der Waals surface area contributed by atoms with Gasteiger partial charge in [0.1, 0.15) is 18.4 Å². The van der Waals surface area contributed by atoms with Crippen molar-refractivity contribution in [1.82, 2.24) is 24.2 Å². The number of rotatable bonds is 4. The Morgan fingerprint density at radius 2 is 2.25 bits per heavy atom. The number of hydrogen-bond donors (Lipinski definition) is 1. The third-order valence-corrected chi connectivity index (χ3v) is 4.77. The molecule has 2 amide bonds. The summed E-state index contributed by atoms with van der Waals surface area (Å²) in [4.78, 5) is 42.4. The van der Waals surface area contributed by atoms with E-state index in [1.165, 1.54) is 20.8 Å². The molecule has 1 aliphatic heterocycles. The lowest BCUT2D eigenvalue weighted by molar-refractivity contribution is -0.137. The Morgan fingerprint density at radius 3 is 2.88 bits per heavy atom. The third kappa shape index (κ3) is 3.09. The Bertz CT molecular complexity index is 809. The van der Waals surface area contributed by atoms with E-state index < -0.39 is 6.04 Å². The Balaban J connectivity index is 1.70. The summed E-state index contributed by atoms with van der Waals surface area (Å²) in [6, 6.07) is -0.540. The number of hydrogen-bond acceptors (Lipinski definition) is 6. The SMILES string of the molecule is Cc1nn(CC(=O)N2CCCC2C(=O)Nc2nccs2)c(=O)n1C. The van der Waals surface area contributed by atoms with Crippen LogP contribution in [0.2, 0.25) is 0 Å². The molecule has 0 spiro atoms. The number of carbonyl (C=O) groups excluding carboxylic acids is 2. The lowest BCUT2D eigenvalue weighted by Gasteiger charge is -2.23. The van der Waals surface area contributed by atoms with Gasteiger partial charge in [0, 0.05) is 25.2 Å². The van der Waals surface area contributed by atoms with E-state index in [0.717, 1.165) is 11.1 Å². The van der Waals surface area contributed by atoms with Crippen LogP contribution >= 0.6 is 11.3 Å². The van der Waals surface area contributed by atoms with Crippen molar-refractivity contribution in [2.24, 2.45) is 7.05 Å². The molecule has 0 bridgehead atoms. The number of aromatic nitrogens is 4. The molecule has 24 heavy (non-hydrogen) atoms. The third-order valence-electron chi connectivity index (χ3n) is 4.08. The smallest absolute Gasteiger partial charge is 0.329 e. The van der Waals surface area contributed by atoms with E-state index in [9.17, 15) is 14.4 Å². The number of likely N-dealkylation sites (tertiary alicyclic amines) is 1. The van der Waals surface area contributed by atoms with E-state index in [-0.39, 0.29) is 24.0 Å². The maximum Gasteiger partial charge on any atom is 0.346 e. The monoisotopic (exact) mass is 350 g/mol. The van der Waals surface area contributed by atoms with Crippen molar-refractivity contribution in [3.05, 3.63) is 27.9 Å². The molecule has 2 aromatic heterocycles. The second-order valence-electron chi connectivity index (χ2n) is 5.62. The van der Waals surface area contributed by atoms with Crippen LogP contribution in [0.15, 0.2) is 16.4 Å². The first-order chi connectivity index (χ1) is 11.5. The van der Waals surface area contributed by atoms with Crippen molar-refractivity contribution >= 4 is 28.3 Å². The Hall–Kier alpha value is -2.49. The van der Waals surface area contributed by atoms with Gasteiger partial charge in [-0.2, -0.15) is 5.10 Å². The average Bonchev–Trinajstić information content (AvgIpc) is 3.27. The van der Waals surface area contributed by atoms with E-state index >= 15 is 0 Å². The van der Waals surface area contributed by atoms with Gasteiger partial charge in [0.2, 0.25) is 11.8 Å². The lowest BCUT2D eigenvalue weighted by Crippen LogP contribution is -2.45. The average molecular weight is 350 g/mol. The topological polar surface area (TPSA) is 102 Å². The van der Waals surface area contributed by atoms with Crippen LogP contribution in [0.25, 0.3) is 0 Å².